The molecule has 1 amide bonds. The van der Waals surface area contributed by atoms with Crippen LogP contribution in [0.4, 0.5) is 22.3 Å². The molecule has 0 aliphatic rings. The van der Waals surface area contributed by atoms with Gasteiger partial charge in [-0.25, -0.2) is 9.97 Å². The Morgan fingerprint density at radius 1 is 1.26 bits per heavy atom. The second kappa shape index (κ2) is 8.01. The summed E-state index contributed by atoms with van der Waals surface area (Å²) in [6.07, 6.45) is 3.07. The molecule has 3 aromatic rings. The van der Waals surface area contributed by atoms with Crippen molar-refractivity contribution in [3.63, 3.8) is 0 Å². The van der Waals surface area contributed by atoms with Crippen LogP contribution in [-0.2, 0) is 4.79 Å². The fraction of sp³-hybridized carbons (Fsp3) is 0.150. The van der Waals surface area contributed by atoms with E-state index in [1.54, 1.807) is 11.3 Å². The van der Waals surface area contributed by atoms with Crippen molar-refractivity contribution in [1.82, 2.24) is 9.97 Å². The summed E-state index contributed by atoms with van der Waals surface area (Å²) in [5, 5.41) is 6.85. The molecule has 0 aliphatic heterocycles. The molecule has 0 spiro atoms. The first-order valence-electron chi connectivity index (χ1n) is 8.37. The molecule has 0 atom stereocenters. The third-order valence-electron chi connectivity index (χ3n) is 3.79. The summed E-state index contributed by atoms with van der Waals surface area (Å²) in [6.45, 7) is 5.49. The molecule has 0 bridgehead atoms. The number of carbonyl (C=O) groups excluding carboxylic acids is 1. The number of aryl methyl sites for hydroxylation is 1. The highest BCUT2D eigenvalue weighted by molar-refractivity contribution is 7.15. The van der Waals surface area contributed by atoms with Gasteiger partial charge in [-0.1, -0.05) is 18.7 Å². The molecule has 3 rings (SSSR count). The Labute approximate surface area is 162 Å². The number of nitrogens with one attached hydrogen (secondary N) is 2. The van der Waals surface area contributed by atoms with Crippen LogP contribution in [-0.4, -0.2) is 30.0 Å². The van der Waals surface area contributed by atoms with Crippen LogP contribution < -0.4 is 15.5 Å². The Kier molecular flexibility index (Phi) is 5.52. The van der Waals surface area contributed by atoms with Gasteiger partial charge in [-0.05, 0) is 31.2 Å². The van der Waals surface area contributed by atoms with E-state index in [0.717, 1.165) is 27.0 Å². The Hall–Kier alpha value is -3.19. The lowest BCUT2D eigenvalue weighted by Crippen LogP contribution is -2.10. The van der Waals surface area contributed by atoms with E-state index in [-0.39, 0.29) is 5.91 Å². The number of nitrogens with zero attached hydrogens (tertiary/aromatic N) is 3. The minimum atomic E-state index is -0.247. The van der Waals surface area contributed by atoms with E-state index in [4.69, 9.17) is 4.98 Å². The highest BCUT2D eigenvalue weighted by Gasteiger charge is 2.09. The second-order valence-electron chi connectivity index (χ2n) is 6.17. The molecule has 6 nitrogen and oxygen atoms in total. The van der Waals surface area contributed by atoms with Crippen molar-refractivity contribution in [3.8, 4) is 11.3 Å². The van der Waals surface area contributed by atoms with Crippen LogP contribution in [0.15, 0.2) is 55.3 Å². The van der Waals surface area contributed by atoms with Crippen molar-refractivity contribution in [2.45, 2.75) is 6.92 Å². The van der Waals surface area contributed by atoms with E-state index in [1.165, 1.54) is 6.08 Å². The summed E-state index contributed by atoms with van der Waals surface area (Å²) >= 11 is 1.58. The maximum absolute atomic E-state index is 11.6. The zero-order chi connectivity index (χ0) is 19.4. The average Bonchev–Trinajstić information content (AvgIpc) is 3.06. The van der Waals surface area contributed by atoms with Crippen molar-refractivity contribution < 1.29 is 4.79 Å². The van der Waals surface area contributed by atoms with Crippen molar-refractivity contribution in [3.05, 3.63) is 60.1 Å². The number of hydrogen-bond donors (Lipinski definition) is 2. The fourth-order valence-corrected chi connectivity index (χ4v) is 3.13. The van der Waals surface area contributed by atoms with Crippen LogP contribution in [0.1, 0.15) is 4.88 Å². The van der Waals surface area contributed by atoms with Crippen LogP contribution in [0.2, 0.25) is 0 Å². The third kappa shape index (κ3) is 4.71. The highest BCUT2D eigenvalue weighted by Crippen LogP contribution is 2.29. The van der Waals surface area contributed by atoms with E-state index in [9.17, 15) is 4.79 Å². The molecule has 0 fully saturated rings. The van der Waals surface area contributed by atoms with Gasteiger partial charge in [0.25, 0.3) is 0 Å². The molecule has 0 saturated carbocycles. The van der Waals surface area contributed by atoms with Gasteiger partial charge in [0.1, 0.15) is 5.82 Å². The Bertz CT molecular complexity index is 980. The molecule has 2 aromatic heterocycles. The molecule has 27 heavy (non-hydrogen) atoms. The molecule has 0 saturated heterocycles. The smallest absolute Gasteiger partial charge is 0.247 e. The van der Waals surface area contributed by atoms with Crippen LogP contribution >= 0.6 is 11.3 Å². The maximum Gasteiger partial charge on any atom is 0.247 e. The second-order valence-corrected chi connectivity index (χ2v) is 7.40. The molecular formula is C20H21N5OS. The molecule has 0 unspecified atom stereocenters. The number of aromatic nitrogens is 2. The van der Waals surface area contributed by atoms with Crippen molar-refractivity contribution in [1.29, 1.82) is 0 Å². The van der Waals surface area contributed by atoms with Gasteiger partial charge < -0.3 is 15.5 Å². The van der Waals surface area contributed by atoms with E-state index in [1.807, 2.05) is 68.5 Å². The number of rotatable bonds is 6. The largest absolute Gasteiger partial charge is 0.377 e. The minimum absolute atomic E-state index is 0.247. The maximum atomic E-state index is 11.6. The molecule has 138 valence electrons. The number of benzene rings is 1. The summed E-state index contributed by atoms with van der Waals surface area (Å²) in [7, 11) is 3.97. The number of pyridine rings is 1. The Morgan fingerprint density at radius 3 is 2.74 bits per heavy atom. The topological polar surface area (TPSA) is 70.2 Å². The molecule has 2 N–H and O–H groups in total. The predicted molar refractivity (Wildman–Crippen MR) is 113 cm³/mol. The van der Waals surface area contributed by atoms with Crippen LogP contribution in [0.5, 0.6) is 0 Å². The summed E-state index contributed by atoms with van der Waals surface area (Å²) in [6, 6.07) is 11.5. The number of hydrogen-bond acceptors (Lipinski definition) is 6. The average molecular weight is 379 g/mol. The Morgan fingerprint density at radius 2 is 2.07 bits per heavy atom. The van der Waals surface area contributed by atoms with Gasteiger partial charge in [-0.2, -0.15) is 0 Å². The van der Waals surface area contributed by atoms with E-state index in [0.29, 0.717) is 11.5 Å². The number of amides is 1. The van der Waals surface area contributed by atoms with Gasteiger partial charge in [-0.3, -0.25) is 4.79 Å². The van der Waals surface area contributed by atoms with Gasteiger partial charge in [0.05, 0.1) is 5.69 Å². The first kappa shape index (κ1) is 18.6. The summed E-state index contributed by atoms with van der Waals surface area (Å²) in [5.41, 5.74) is 3.40. The van der Waals surface area contributed by atoms with Crippen molar-refractivity contribution >= 4 is 39.6 Å². The van der Waals surface area contributed by atoms with Gasteiger partial charge in [0.2, 0.25) is 5.91 Å². The van der Waals surface area contributed by atoms with Crippen LogP contribution in [0.3, 0.4) is 0 Å². The first-order valence-corrected chi connectivity index (χ1v) is 9.19. The van der Waals surface area contributed by atoms with Gasteiger partial charge in [-0.15, -0.1) is 11.3 Å². The van der Waals surface area contributed by atoms with Crippen LogP contribution in [0.25, 0.3) is 11.3 Å². The molecular weight excluding hydrogens is 358 g/mol. The molecule has 7 heteroatoms. The quantitative estimate of drug-likeness (QED) is 0.619. The molecule has 1 aromatic carbocycles. The van der Waals surface area contributed by atoms with E-state index < -0.39 is 0 Å². The number of thiazole rings is 1. The molecule has 0 radical (unpaired) electrons. The lowest BCUT2D eigenvalue weighted by molar-refractivity contribution is -0.111. The Balaban J connectivity index is 1.97. The summed E-state index contributed by atoms with van der Waals surface area (Å²) in [4.78, 5) is 23.8. The van der Waals surface area contributed by atoms with Crippen molar-refractivity contribution in [2.75, 3.05) is 29.6 Å². The monoisotopic (exact) mass is 379 g/mol. The third-order valence-corrected chi connectivity index (χ3v) is 4.62. The summed E-state index contributed by atoms with van der Waals surface area (Å²) < 4.78 is 0. The number of anilines is 4. The van der Waals surface area contributed by atoms with Gasteiger partial charge in [0.15, 0.2) is 5.13 Å². The lowest BCUT2D eigenvalue weighted by Gasteiger charge is -2.16. The predicted octanol–water partition coefficient (Wildman–Crippen LogP) is 4.45. The highest BCUT2D eigenvalue weighted by atomic mass is 32.1. The fourth-order valence-electron chi connectivity index (χ4n) is 2.46. The zero-order valence-corrected chi connectivity index (χ0v) is 16.3. The zero-order valence-electron chi connectivity index (χ0n) is 15.5. The van der Waals surface area contributed by atoms with E-state index in [2.05, 4.69) is 22.2 Å². The first-order chi connectivity index (χ1) is 12.9. The standard InChI is InChI=1S/C20H21N5OS/c1-5-19(26)22-15-8-6-7-14(9-15)17-10-16(25(3)4)11-18(23-17)24-20-21-12-13(2)27-20/h5-12H,1H2,2-4H3,(H,22,26)(H,21,23,24). The SMILES string of the molecule is C=CC(=O)Nc1cccc(-c2cc(N(C)C)cc(Nc3ncc(C)s3)n2)c1. The van der Waals surface area contributed by atoms with Crippen LogP contribution in [0, 0.1) is 6.92 Å². The van der Waals surface area contributed by atoms with Gasteiger partial charge in [0, 0.05) is 48.2 Å². The lowest BCUT2D eigenvalue weighted by atomic mass is 10.1. The molecule has 0 aliphatic carbocycles. The minimum Gasteiger partial charge on any atom is -0.377 e. The normalized spacial score (nSPS) is 10.3. The van der Waals surface area contributed by atoms with Gasteiger partial charge >= 0.3 is 0 Å². The van der Waals surface area contributed by atoms with Crippen molar-refractivity contribution in [2.24, 2.45) is 0 Å². The van der Waals surface area contributed by atoms with E-state index >= 15 is 0 Å². The molecule has 2 heterocycles. The number of carbonyl (C=O) groups is 1. The summed E-state index contributed by atoms with van der Waals surface area (Å²) in [5.74, 6) is 0.467.